The first kappa shape index (κ1) is 12.5. The van der Waals surface area contributed by atoms with Crippen LogP contribution in [0.5, 0.6) is 0 Å². The average Bonchev–Trinajstić information content (AvgIpc) is 2.36. The number of hydrogen-bond donors (Lipinski definition) is 1. The van der Waals surface area contributed by atoms with Crippen molar-refractivity contribution in [3.8, 4) is 0 Å². The molecule has 4 heteroatoms. The lowest BCUT2D eigenvalue weighted by molar-refractivity contribution is -0.119. The number of para-hydroxylation sites is 1. The molecule has 0 radical (unpaired) electrons. The molecule has 2 aliphatic heterocycles. The van der Waals surface area contributed by atoms with E-state index in [-0.39, 0.29) is 11.3 Å². The first-order valence-corrected chi connectivity index (χ1v) is 6.80. The third kappa shape index (κ3) is 2.10. The van der Waals surface area contributed by atoms with Gasteiger partial charge in [-0.15, -0.1) is 0 Å². The molecule has 102 valence electrons. The molecular formula is C15H20N2O2. The Morgan fingerprint density at radius 2 is 2.21 bits per heavy atom. The summed E-state index contributed by atoms with van der Waals surface area (Å²) in [6, 6.07) is 8.36. The molecule has 0 aromatic heterocycles. The molecule has 2 N–H and O–H groups in total. The lowest BCUT2D eigenvalue weighted by Gasteiger charge is -2.48. The number of fused-ring (bicyclic) bond motifs is 1. The van der Waals surface area contributed by atoms with Crippen molar-refractivity contribution in [2.45, 2.75) is 19.3 Å². The molecule has 1 saturated heterocycles. The van der Waals surface area contributed by atoms with Gasteiger partial charge in [-0.2, -0.15) is 0 Å². The predicted molar refractivity (Wildman–Crippen MR) is 74.1 cm³/mol. The number of nitrogens with zero attached hydrogens (tertiary/aromatic N) is 1. The molecule has 0 spiro atoms. The highest BCUT2D eigenvalue weighted by Gasteiger charge is 2.44. The van der Waals surface area contributed by atoms with Crippen LogP contribution in [0.1, 0.15) is 24.8 Å². The number of anilines is 1. The molecule has 0 aliphatic carbocycles. The van der Waals surface area contributed by atoms with E-state index in [0.29, 0.717) is 12.5 Å². The number of primary amides is 1. The number of rotatable bonds is 3. The fraction of sp³-hybridized carbons (Fsp3) is 0.533. The summed E-state index contributed by atoms with van der Waals surface area (Å²) in [6.45, 7) is 5.16. The Balaban J connectivity index is 1.93. The highest BCUT2D eigenvalue weighted by atomic mass is 16.5. The molecule has 0 saturated carbocycles. The lowest BCUT2D eigenvalue weighted by atomic mass is 9.68. The molecule has 1 aromatic rings. The van der Waals surface area contributed by atoms with Crippen LogP contribution in [0.2, 0.25) is 0 Å². The van der Waals surface area contributed by atoms with Gasteiger partial charge in [0.1, 0.15) is 0 Å². The Hall–Kier alpha value is -1.55. The van der Waals surface area contributed by atoms with E-state index in [1.165, 1.54) is 5.56 Å². The molecule has 3 rings (SSSR count). The summed E-state index contributed by atoms with van der Waals surface area (Å²) in [4.78, 5) is 13.3. The number of carbonyl (C=O) groups is 1. The van der Waals surface area contributed by atoms with Crippen molar-refractivity contribution in [1.29, 1.82) is 0 Å². The Labute approximate surface area is 113 Å². The molecule has 4 nitrogen and oxygen atoms in total. The highest BCUT2D eigenvalue weighted by Crippen LogP contribution is 2.48. The number of hydrogen-bond acceptors (Lipinski definition) is 3. The maximum Gasteiger partial charge on any atom is 0.236 e. The van der Waals surface area contributed by atoms with Gasteiger partial charge in [0.25, 0.3) is 0 Å². The van der Waals surface area contributed by atoms with Gasteiger partial charge in [0.2, 0.25) is 5.91 Å². The molecule has 1 unspecified atom stereocenters. The van der Waals surface area contributed by atoms with Crippen molar-refractivity contribution < 1.29 is 9.53 Å². The van der Waals surface area contributed by atoms with Crippen molar-refractivity contribution in [2.75, 3.05) is 31.2 Å². The van der Waals surface area contributed by atoms with E-state index in [1.54, 1.807) is 0 Å². The topological polar surface area (TPSA) is 55.6 Å². The summed E-state index contributed by atoms with van der Waals surface area (Å²) in [7, 11) is 0. The van der Waals surface area contributed by atoms with Gasteiger partial charge in [-0.3, -0.25) is 4.79 Å². The van der Waals surface area contributed by atoms with Crippen LogP contribution in [0.4, 0.5) is 5.69 Å². The van der Waals surface area contributed by atoms with Gasteiger partial charge in [-0.25, -0.2) is 0 Å². The van der Waals surface area contributed by atoms with Crippen molar-refractivity contribution >= 4 is 11.6 Å². The minimum Gasteiger partial charge on any atom is -0.380 e. The van der Waals surface area contributed by atoms with E-state index in [9.17, 15) is 4.79 Å². The standard InChI is InChI=1S/C15H20N2O2/c1-15(9-19-10-15)12-6-7-17(8-14(16)18)13-5-3-2-4-11(12)13/h2-5,12H,6-10H2,1H3,(H2,16,18). The summed E-state index contributed by atoms with van der Waals surface area (Å²) in [5.74, 6) is 0.244. The van der Waals surface area contributed by atoms with E-state index in [4.69, 9.17) is 10.5 Å². The zero-order chi connectivity index (χ0) is 13.5. The SMILES string of the molecule is CC1(C2CCN(CC(N)=O)c3ccccc32)COC1. The number of amides is 1. The number of ether oxygens (including phenoxy) is 1. The smallest absolute Gasteiger partial charge is 0.236 e. The molecule has 0 bridgehead atoms. The Morgan fingerprint density at radius 1 is 1.47 bits per heavy atom. The maximum atomic E-state index is 11.2. The zero-order valence-electron chi connectivity index (χ0n) is 11.3. The van der Waals surface area contributed by atoms with Crippen LogP contribution in [0.25, 0.3) is 0 Å². The fourth-order valence-electron chi connectivity index (χ4n) is 3.33. The van der Waals surface area contributed by atoms with E-state index in [1.807, 2.05) is 6.07 Å². The van der Waals surface area contributed by atoms with Gasteiger partial charge in [0.15, 0.2) is 0 Å². The van der Waals surface area contributed by atoms with Crippen molar-refractivity contribution in [2.24, 2.45) is 11.1 Å². The van der Waals surface area contributed by atoms with Gasteiger partial charge in [0.05, 0.1) is 19.8 Å². The van der Waals surface area contributed by atoms with E-state index < -0.39 is 0 Å². The normalized spacial score (nSPS) is 24.5. The number of benzene rings is 1. The Morgan fingerprint density at radius 3 is 2.84 bits per heavy atom. The van der Waals surface area contributed by atoms with Gasteiger partial charge in [0, 0.05) is 17.6 Å². The molecule has 1 amide bonds. The van der Waals surface area contributed by atoms with Crippen molar-refractivity contribution in [3.63, 3.8) is 0 Å². The molecule has 1 fully saturated rings. The van der Waals surface area contributed by atoms with Gasteiger partial charge >= 0.3 is 0 Å². The maximum absolute atomic E-state index is 11.2. The minimum atomic E-state index is -0.272. The predicted octanol–water partition coefficient (Wildman–Crippen LogP) is 1.50. The summed E-state index contributed by atoms with van der Waals surface area (Å²) in [5.41, 5.74) is 8.07. The first-order valence-electron chi connectivity index (χ1n) is 6.80. The molecule has 2 aliphatic rings. The third-order valence-corrected chi connectivity index (χ3v) is 4.39. The second-order valence-corrected chi connectivity index (χ2v) is 5.93. The zero-order valence-corrected chi connectivity index (χ0v) is 11.3. The van der Waals surface area contributed by atoms with Crippen molar-refractivity contribution in [1.82, 2.24) is 0 Å². The van der Waals surface area contributed by atoms with E-state index in [2.05, 4.69) is 30.0 Å². The van der Waals surface area contributed by atoms with Crippen LogP contribution < -0.4 is 10.6 Å². The molecule has 1 aromatic carbocycles. The van der Waals surface area contributed by atoms with Gasteiger partial charge in [-0.1, -0.05) is 25.1 Å². The van der Waals surface area contributed by atoms with Crippen LogP contribution >= 0.6 is 0 Å². The summed E-state index contributed by atoms with van der Waals surface area (Å²) >= 11 is 0. The highest BCUT2D eigenvalue weighted by molar-refractivity contribution is 5.80. The third-order valence-electron chi connectivity index (χ3n) is 4.39. The monoisotopic (exact) mass is 260 g/mol. The molecule has 19 heavy (non-hydrogen) atoms. The minimum absolute atomic E-state index is 0.245. The quantitative estimate of drug-likeness (QED) is 0.896. The Bertz CT molecular complexity index is 497. The summed E-state index contributed by atoms with van der Waals surface area (Å²) in [6.07, 6.45) is 1.06. The van der Waals surface area contributed by atoms with Crippen LogP contribution in [-0.4, -0.2) is 32.2 Å². The number of carbonyl (C=O) groups excluding carboxylic acids is 1. The largest absolute Gasteiger partial charge is 0.380 e. The van der Waals surface area contributed by atoms with E-state index in [0.717, 1.165) is 31.9 Å². The fourth-order valence-corrected chi connectivity index (χ4v) is 3.33. The van der Waals surface area contributed by atoms with Crippen LogP contribution in [0.15, 0.2) is 24.3 Å². The Kier molecular flexibility index (Phi) is 2.97. The number of nitrogens with two attached hydrogens (primary N) is 1. The second kappa shape index (κ2) is 4.53. The molecular weight excluding hydrogens is 240 g/mol. The lowest BCUT2D eigenvalue weighted by Crippen LogP contribution is -2.48. The van der Waals surface area contributed by atoms with E-state index >= 15 is 0 Å². The summed E-state index contributed by atoms with van der Waals surface area (Å²) < 4.78 is 5.41. The molecule has 1 atom stereocenters. The van der Waals surface area contributed by atoms with Crippen LogP contribution in [0, 0.1) is 5.41 Å². The first-order chi connectivity index (χ1) is 9.10. The summed E-state index contributed by atoms with van der Waals surface area (Å²) in [5, 5.41) is 0. The van der Waals surface area contributed by atoms with Gasteiger partial charge in [-0.05, 0) is 24.0 Å². The van der Waals surface area contributed by atoms with Crippen molar-refractivity contribution in [3.05, 3.63) is 29.8 Å². The van der Waals surface area contributed by atoms with Crippen LogP contribution in [-0.2, 0) is 9.53 Å². The average molecular weight is 260 g/mol. The molecule has 2 heterocycles. The van der Waals surface area contributed by atoms with Gasteiger partial charge < -0.3 is 15.4 Å². The second-order valence-electron chi connectivity index (χ2n) is 5.93. The van der Waals surface area contributed by atoms with Crippen LogP contribution in [0.3, 0.4) is 0 Å².